The second-order valence-corrected chi connectivity index (χ2v) is 7.98. The van der Waals surface area contributed by atoms with Crippen LogP contribution in [0.4, 0.5) is 0 Å². The molecule has 4 rings (SSSR count). The van der Waals surface area contributed by atoms with Crippen LogP contribution in [-0.2, 0) is 10.5 Å². The van der Waals surface area contributed by atoms with Gasteiger partial charge in [-0.3, -0.25) is 9.78 Å². The minimum atomic E-state index is 0.0419. The third-order valence-electron chi connectivity index (χ3n) is 5.06. The van der Waals surface area contributed by atoms with Crippen molar-refractivity contribution >= 4 is 17.7 Å². The molecule has 1 atom stereocenters. The molecule has 2 aromatic heterocycles. The number of carbonyl (C=O) groups is 1. The van der Waals surface area contributed by atoms with Gasteiger partial charge in [0, 0.05) is 24.7 Å². The van der Waals surface area contributed by atoms with Crippen LogP contribution in [0.25, 0.3) is 11.3 Å². The summed E-state index contributed by atoms with van der Waals surface area (Å²) >= 11 is 1.66. The SMILES string of the molecule is O=C(CSCc1ccncc1)N1CCCCC1c1ncc(-c2ccccc2)[nH]1. The lowest BCUT2D eigenvalue weighted by atomic mass is 10.0. The Labute approximate surface area is 169 Å². The Kier molecular flexibility index (Phi) is 6.07. The van der Waals surface area contributed by atoms with E-state index in [1.807, 2.05) is 41.4 Å². The molecule has 1 saturated heterocycles. The first-order chi connectivity index (χ1) is 13.8. The molecule has 1 N–H and O–H groups in total. The van der Waals surface area contributed by atoms with E-state index >= 15 is 0 Å². The molecule has 0 aliphatic carbocycles. The van der Waals surface area contributed by atoms with Gasteiger partial charge in [0.1, 0.15) is 5.82 Å². The van der Waals surface area contributed by atoms with Gasteiger partial charge in [-0.15, -0.1) is 11.8 Å². The number of hydrogen-bond donors (Lipinski definition) is 1. The fraction of sp³-hybridized carbons (Fsp3) is 0.318. The number of aromatic nitrogens is 3. The number of nitrogens with zero attached hydrogens (tertiary/aromatic N) is 3. The number of benzene rings is 1. The van der Waals surface area contributed by atoms with Crippen LogP contribution in [0, 0.1) is 0 Å². The van der Waals surface area contributed by atoms with E-state index in [0.29, 0.717) is 5.75 Å². The zero-order chi connectivity index (χ0) is 19.2. The van der Waals surface area contributed by atoms with Crippen LogP contribution in [0.3, 0.4) is 0 Å². The summed E-state index contributed by atoms with van der Waals surface area (Å²) in [5, 5.41) is 0. The second kappa shape index (κ2) is 9.06. The molecule has 1 aliphatic rings. The highest BCUT2D eigenvalue weighted by Crippen LogP contribution is 2.31. The number of rotatable bonds is 6. The van der Waals surface area contributed by atoms with Crippen molar-refractivity contribution < 1.29 is 4.79 Å². The molecule has 0 spiro atoms. The van der Waals surface area contributed by atoms with Crippen molar-refractivity contribution in [2.45, 2.75) is 31.1 Å². The molecular formula is C22H24N4OS. The van der Waals surface area contributed by atoms with Gasteiger partial charge in [-0.25, -0.2) is 4.98 Å². The number of H-pyrrole nitrogens is 1. The average molecular weight is 393 g/mol. The lowest BCUT2D eigenvalue weighted by Gasteiger charge is -2.34. The molecule has 3 aromatic rings. The van der Waals surface area contributed by atoms with Gasteiger partial charge in [0.2, 0.25) is 5.91 Å². The van der Waals surface area contributed by atoms with Gasteiger partial charge in [-0.05, 0) is 42.5 Å². The molecule has 6 heteroatoms. The molecule has 0 radical (unpaired) electrons. The minimum Gasteiger partial charge on any atom is -0.340 e. The zero-order valence-electron chi connectivity index (χ0n) is 15.8. The van der Waals surface area contributed by atoms with Crippen molar-refractivity contribution in [1.29, 1.82) is 0 Å². The molecule has 0 saturated carbocycles. The van der Waals surface area contributed by atoms with E-state index in [-0.39, 0.29) is 11.9 Å². The van der Waals surface area contributed by atoms with Gasteiger partial charge in [0.15, 0.2) is 0 Å². The summed E-state index contributed by atoms with van der Waals surface area (Å²) in [6.45, 7) is 0.806. The van der Waals surface area contributed by atoms with Crippen LogP contribution in [0.15, 0.2) is 61.1 Å². The van der Waals surface area contributed by atoms with Crippen molar-refractivity contribution in [2.24, 2.45) is 0 Å². The van der Waals surface area contributed by atoms with Crippen molar-refractivity contribution in [3.63, 3.8) is 0 Å². The highest BCUT2D eigenvalue weighted by Gasteiger charge is 2.29. The fourth-order valence-electron chi connectivity index (χ4n) is 3.60. The normalized spacial score (nSPS) is 16.9. The van der Waals surface area contributed by atoms with Gasteiger partial charge in [0.25, 0.3) is 0 Å². The van der Waals surface area contributed by atoms with Crippen LogP contribution in [0.1, 0.15) is 36.7 Å². The Bertz CT molecular complexity index is 897. The number of thioether (sulfide) groups is 1. The van der Waals surface area contributed by atoms with Gasteiger partial charge >= 0.3 is 0 Å². The Hall–Kier alpha value is -2.60. The number of pyridine rings is 1. The summed E-state index contributed by atoms with van der Waals surface area (Å²) in [5.74, 6) is 2.41. The van der Waals surface area contributed by atoms with E-state index in [2.05, 4.69) is 27.1 Å². The average Bonchev–Trinajstić information content (AvgIpc) is 3.25. The highest BCUT2D eigenvalue weighted by molar-refractivity contribution is 7.99. The van der Waals surface area contributed by atoms with Crippen molar-refractivity contribution in [2.75, 3.05) is 12.3 Å². The lowest BCUT2D eigenvalue weighted by Crippen LogP contribution is -2.40. The third-order valence-corrected chi connectivity index (χ3v) is 6.05. The number of carbonyl (C=O) groups excluding carboxylic acids is 1. The van der Waals surface area contributed by atoms with E-state index < -0.39 is 0 Å². The largest absolute Gasteiger partial charge is 0.340 e. The summed E-state index contributed by atoms with van der Waals surface area (Å²) in [7, 11) is 0. The minimum absolute atomic E-state index is 0.0419. The van der Waals surface area contributed by atoms with Crippen LogP contribution < -0.4 is 0 Å². The van der Waals surface area contributed by atoms with Crippen LogP contribution >= 0.6 is 11.8 Å². The maximum Gasteiger partial charge on any atom is 0.233 e. The number of hydrogen-bond acceptors (Lipinski definition) is 4. The molecular weight excluding hydrogens is 368 g/mol. The summed E-state index contributed by atoms with van der Waals surface area (Å²) < 4.78 is 0. The number of likely N-dealkylation sites (tertiary alicyclic amines) is 1. The Morgan fingerprint density at radius 3 is 2.79 bits per heavy atom. The smallest absolute Gasteiger partial charge is 0.233 e. The van der Waals surface area contributed by atoms with Gasteiger partial charge in [-0.1, -0.05) is 30.3 Å². The summed E-state index contributed by atoms with van der Waals surface area (Å²) in [5.41, 5.74) is 3.31. The first-order valence-electron chi connectivity index (χ1n) is 9.68. The quantitative estimate of drug-likeness (QED) is 0.673. The molecule has 1 unspecified atom stereocenters. The van der Waals surface area contributed by atoms with E-state index in [0.717, 1.165) is 48.6 Å². The van der Waals surface area contributed by atoms with E-state index in [9.17, 15) is 4.79 Å². The Morgan fingerprint density at radius 1 is 1.14 bits per heavy atom. The molecule has 1 aromatic carbocycles. The molecule has 28 heavy (non-hydrogen) atoms. The number of amides is 1. The number of piperidine rings is 1. The predicted octanol–water partition coefficient (Wildman–Crippen LogP) is 4.46. The topological polar surface area (TPSA) is 61.9 Å². The number of nitrogens with one attached hydrogen (secondary N) is 1. The monoisotopic (exact) mass is 392 g/mol. The van der Waals surface area contributed by atoms with Gasteiger partial charge < -0.3 is 9.88 Å². The molecule has 144 valence electrons. The predicted molar refractivity (Wildman–Crippen MR) is 113 cm³/mol. The molecule has 1 fully saturated rings. The summed E-state index contributed by atoms with van der Waals surface area (Å²) in [6.07, 6.45) is 8.60. The fourth-order valence-corrected chi connectivity index (χ4v) is 4.47. The van der Waals surface area contributed by atoms with Gasteiger partial charge in [-0.2, -0.15) is 0 Å². The molecule has 5 nitrogen and oxygen atoms in total. The molecule has 0 bridgehead atoms. The van der Waals surface area contributed by atoms with E-state index in [1.165, 1.54) is 5.56 Å². The maximum absolute atomic E-state index is 12.9. The Balaban J connectivity index is 1.41. The first-order valence-corrected chi connectivity index (χ1v) is 10.8. The van der Waals surface area contributed by atoms with Gasteiger partial charge in [0.05, 0.1) is 23.7 Å². The van der Waals surface area contributed by atoms with Crippen LogP contribution in [0.5, 0.6) is 0 Å². The highest BCUT2D eigenvalue weighted by atomic mass is 32.2. The maximum atomic E-state index is 12.9. The van der Waals surface area contributed by atoms with Crippen LogP contribution in [-0.4, -0.2) is 38.1 Å². The van der Waals surface area contributed by atoms with E-state index in [4.69, 9.17) is 0 Å². The lowest BCUT2D eigenvalue weighted by molar-refractivity contribution is -0.132. The second-order valence-electron chi connectivity index (χ2n) is 7.00. The number of aromatic amines is 1. The first kappa shape index (κ1) is 18.7. The van der Waals surface area contributed by atoms with Crippen molar-refractivity contribution in [3.8, 4) is 11.3 Å². The third kappa shape index (κ3) is 4.44. The molecule has 1 amide bonds. The van der Waals surface area contributed by atoms with Crippen LogP contribution in [0.2, 0.25) is 0 Å². The zero-order valence-corrected chi connectivity index (χ0v) is 16.6. The standard InChI is InChI=1S/C22H24N4OS/c27-21(16-28-15-17-9-11-23-12-10-17)26-13-5-4-8-20(26)22-24-14-19(25-22)18-6-2-1-3-7-18/h1-3,6-7,9-12,14,20H,4-5,8,13,15-16H2,(H,24,25). The van der Waals surface area contributed by atoms with Crippen molar-refractivity contribution in [1.82, 2.24) is 19.9 Å². The summed E-state index contributed by atoms with van der Waals surface area (Å²) in [4.78, 5) is 27.0. The Morgan fingerprint density at radius 2 is 1.96 bits per heavy atom. The molecule has 3 heterocycles. The summed E-state index contributed by atoms with van der Waals surface area (Å²) in [6, 6.07) is 14.2. The number of imidazole rings is 1. The molecule has 1 aliphatic heterocycles. The van der Waals surface area contributed by atoms with Crippen molar-refractivity contribution in [3.05, 3.63) is 72.4 Å². The van der Waals surface area contributed by atoms with E-state index in [1.54, 1.807) is 24.2 Å².